The number of hydrogen-bond donors (Lipinski definition) is 1. The van der Waals surface area contributed by atoms with Crippen LogP contribution in [0.3, 0.4) is 0 Å². The number of nitrogens with zero attached hydrogens (tertiary/aromatic N) is 3. The van der Waals surface area contributed by atoms with Gasteiger partial charge < -0.3 is 15.2 Å². The van der Waals surface area contributed by atoms with Crippen molar-refractivity contribution in [2.75, 3.05) is 25.6 Å². The highest BCUT2D eigenvalue weighted by Crippen LogP contribution is 2.40. The van der Waals surface area contributed by atoms with E-state index in [1.165, 1.54) is 0 Å². The molecular formula is C13H22N4O2S. The fraction of sp³-hybridized carbons (Fsp3) is 0.846. The van der Waals surface area contributed by atoms with Crippen molar-refractivity contribution in [3.05, 3.63) is 0 Å². The lowest BCUT2D eigenvalue weighted by Gasteiger charge is -2.36. The van der Waals surface area contributed by atoms with E-state index in [9.17, 15) is 0 Å². The van der Waals surface area contributed by atoms with Gasteiger partial charge in [0.1, 0.15) is 0 Å². The number of ether oxygens (including phenoxy) is 2. The maximum absolute atomic E-state index is 5.97. The number of aromatic nitrogens is 3. The van der Waals surface area contributed by atoms with Crippen LogP contribution in [0, 0.1) is 0 Å². The summed E-state index contributed by atoms with van der Waals surface area (Å²) in [6, 6.07) is 0.274. The van der Waals surface area contributed by atoms with Gasteiger partial charge in [-0.1, -0.05) is 11.8 Å². The first kappa shape index (κ1) is 14.2. The fourth-order valence-electron chi connectivity index (χ4n) is 2.95. The monoisotopic (exact) mass is 298 g/mol. The molecule has 3 heterocycles. The lowest BCUT2D eigenvalue weighted by molar-refractivity contribution is -0.0770. The van der Waals surface area contributed by atoms with Crippen LogP contribution >= 0.6 is 11.8 Å². The maximum Gasteiger partial charge on any atom is 0.222 e. The third-order valence-electron chi connectivity index (χ3n) is 3.99. The smallest absolute Gasteiger partial charge is 0.222 e. The molecule has 2 atom stereocenters. The van der Waals surface area contributed by atoms with Gasteiger partial charge in [0, 0.05) is 30.9 Å². The van der Waals surface area contributed by atoms with Crippen molar-refractivity contribution in [1.29, 1.82) is 0 Å². The molecule has 2 unspecified atom stereocenters. The number of nitrogen functional groups attached to an aromatic ring is 1. The Labute approximate surface area is 123 Å². The van der Waals surface area contributed by atoms with E-state index in [0.29, 0.717) is 11.2 Å². The van der Waals surface area contributed by atoms with Gasteiger partial charge in [-0.3, -0.25) is 4.57 Å². The second kappa shape index (κ2) is 5.54. The Morgan fingerprint density at radius 3 is 2.95 bits per heavy atom. The van der Waals surface area contributed by atoms with Crippen molar-refractivity contribution in [3.8, 4) is 0 Å². The quantitative estimate of drug-likeness (QED) is 0.918. The molecule has 2 fully saturated rings. The highest BCUT2D eigenvalue weighted by molar-refractivity contribution is 7.99. The molecule has 0 bridgehead atoms. The minimum absolute atomic E-state index is 0.0653. The van der Waals surface area contributed by atoms with Crippen molar-refractivity contribution in [1.82, 2.24) is 14.8 Å². The molecule has 1 aromatic heterocycles. The van der Waals surface area contributed by atoms with Crippen LogP contribution in [0.1, 0.15) is 39.2 Å². The van der Waals surface area contributed by atoms with E-state index in [1.54, 1.807) is 11.8 Å². The molecule has 2 N–H and O–H groups in total. The normalized spacial score (nSPS) is 30.4. The van der Waals surface area contributed by atoms with Crippen molar-refractivity contribution in [2.24, 2.45) is 0 Å². The van der Waals surface area contributed by atoms with Gasteiger partial charge in [-0.05, 0) is 26.7 Å². The lowest BCUT2D eigenvalue weighted by Crippen LogP contribution is -2.41. The Morgan fingerprint density at radius 1 is 1.40 bits per heavy atom. The minimum Gasteiger partial charge on any atom is -0.378 e. The lowest BCUT2D eigenvalue weighted by atomic mass is 9.93. The highest BCUT2D eigenvalue weighted by atomic mass is 32.2. The topological polar surface area (TPSA) is 75.2 Å². The Balaban J connectivity index is 1.71. The summed E-state index contributed by atoms with van der Waals surface area (Å²) in [5, 5.41) is 9.64. The van der Waals surface area contributed by atoms with Crippen LogP contribution in [-0.2, 0) is 9.47 Å². The maximum atomic E-state index is 5.97. The highest BCUT2D eigenvalue weighted by Gasteiger charge is 2.41. The molecule has 2 aliphatic rings. The van der Waals surface area contributed by atoms with Gasteiger partial charge in [-0.15, -0.1) is 10.2 Å². The summed E-state index contributed by atoms with van der Waals surface area (Å²) in [6.07, 6.45) is 3.06. The van der Waals surface area contributed by atoms with Crippen molar-refractivity contribution in [3.63, 3.8) is 0 Å². The average Bonchev–Trinajstić information content (AvgIpc) is 2.97. The third kappa shape index (κ3) is 2.66. The van der Waals surface area contributed by atoms with E-state index in [1.807, 2.05) is 4.57 Å². The third-order valence-corrected chi connectivity index (χ3v) is 5.22. The Morgan fingerprint density at radius 2 is 2.25 bits per heavy atom. The van der Waals surface area contributed by atoms with Gasteiger partial charge in [0.25, 0.3) is 0 Å². The number of anilines is 1. The molecular weight excluding hydrogens is 276 g/mol. The molecule has 2 aliphatic heterocycles. The first-order chi connectivity index (χ1) is 9.60. The van der Waals surface area contributed by atoms with Crippen molar-refractivity contribution < 1.29 is 9.47 Å². The molecule has 0 saturated carbocycles. The van der Waals surface area contributed by atoms with Gasteiger partial charge in [0.05, 0.1) is 12.2 Å². The molecule has 2 saturated heterocycles. The van der Waals surface area contributed by atoms with Gasteiger partial charge in [0.15, 0.2) is 5.16 Å². The van der Waals surface area contributed by atoms with E-state index in [0.717, 1.165) is 44.2 Å². The Hall–Kier alpha value is -0.790. The molecule has 3 rings (SSSR count). The van der Waals surface area contributed by atoms with E-state index in [2.05, 4.69) is 24.0 Å². The van der Waals surface area contributed by atoms with Gasteiger partial charge in [-0.25, -0.2) is 0 Å². The molecule has 1 spiro atoms. The van der Waals surface area contributed by atoms with Gasteiger partial charge in [0.2, 0.25) is 5.95 Å². The zero-order valence-electron chi connectivity index (χ0n) is 12.0. The second-order valence-electron chi connectivity index (χ2n) is 5.87. The van der Waals surface area contributed by atoms with Crippen LogP contribution in [0.5, 0.6) is 0 Å². The van der Waals surface area contributed by atoms with Crippen LogP contribution in [0.15, 0.2) is 5.16 Å². The molecule has 112 valence electrons. The van der Waals surface area contributed by atoms with Crippen LogP contribution < -0.4 is 5.73 Å². The zero-order valence-corrected chi connectivity index (χ0v) is 12.9. The Kier molecular flexibility index (Phi) is 3.92. The molecule has 0 aliphatic carbocycles. The molecule has 20 heavy (non-hydrogen) atoms. The number of thioether (sulfide) groups is 1. The van der Waals surface area contributed by atoms with Crippen LogP contribution in [0.4, 0.5) is 5.95 Å². The molecule has 0 aromatic carbocycles. The molecule has 7 heteroatoms. The van der Waals surface area contributed by atoms with E-state index in [-0.39, 0.29) is 11.6 Å². The zero-order chi connectivity index (χ0) is 14.2. The molecule has 0 radical (unpaired) electrons. The summed E-state index contributed by atoms with van der Waals surface area (Å²) in [5.74, 6) is 0.494. The first-order valence-corrected chi connectivity index (χ1v) is 8.06. The SMILES string of the molecule is CC(C)n1c(N)nnc1SC1CCOC2(CCOC2)C1. The van der Waals surface area contributed by atoms with Gasteiger partial charge in [-0.2, -0.15) is 0 Å². The summed E-state index contributed by atoms with van der Waals surface area (Å²) >= 11 is 1.77. The summed E-state index contributed by atoms with van der Waals surface area (Å²) in [4.78, 5) is 0. The summed E-state index contributed by atoms with van der Waals surface area (Å²) in [5.41, 5.74) is 5.83. The summed E-state index contributed by atoms with van der Waals surface area (Å²) < 4.78 is 13.5. The first-order valence-electron chi connectivity index (χ1n) is 7.18. The van der Waals surface area contributed by atoms with E-state index >= 15 is 0 Å². The second-order valence-corrected chi connectivity index (χ2v) is 7.14. The van der Waals surface area contributed by atoms with Crippen LogP contribution in [0.25, 0.3) is 0 Å². The average molecular weight is 298 g/mol. The van der Waals surface area contributed by atoms with Crippen LogP contribution in [0.2, 0.25) is 0 Å². The predicted molar refractivity (Wildman–Crippen MR) is 77.8 cm³/mol. The summed E-state index contributed by atoms with van der Waals surface area (Å²) in [7, 11) is 0. The summed E-state index contributed by atoms with van der Waals surface area (Å²) in [6.45, 7) is 6.53. The van der Waals surface area contributed by atoms with Crippen LogP contribution in [-0.4, -0.2) is 45.4 Å². The minimum atomic E-state index is -0.0653. The Bertz CT molecular complexity index is 471. The molecule has 0 amide bonds. The van der Waals surface area contributed by atoms with Gasteiger partial charge >= 0.3 is 0 Å². The fourth-order valence-corrected chi connectivity index (χ4v) is 4.36. The molecule has 6 nitrogen and oxygen atoms in total. The number of nitrogens with two attached hydrogens (primary N) is 1. The van der Waals surface area contributed by atoms with Crippen molar-refractivity contribution >= 4 is 17.7 Å². The largest absolute Gasteiger partial charge is 0.378 e. The standard InChI is InChI=1S/C13H22N4O2S/c1-9(2)17-11(14)15-16-12(17)20-10-3-5-19-13(7-10)4-6-18-8-13/h9-10H,3-8H2,1-2H3,(H2,14,15). The van der Waals surface area contributed by atoms with Crippen molar-refractivity contribution in [2.45, 2.75) is 55.2 Å². The van der Waals surface area contributed by atoms with E-state index < -0.39 is 0 Å². The number of rotatable bonds is 3. The predicted octanol–water partition coefficient (Wildman–Crippen LogP) is 1.87. The number of hydrogen-bond acceptors (Lipinski definition) is 6. The molecule has 1 aromatic rings. The van der Waals surface area contributed by atoms with E-state index in [4.69, 9.17) is 15.2 Å².